The third-order valence-corrected chi connectivity index (χ3v) is 3.73. The van der Waals surface area contributed by atoms with Gasteiger partial charge in [0, 0.05) is 6.20 Å². The predicted molar refractivity (Wildman–Crippen MR) is 92.6 cm³/mol. The zero-order valence-corrected chi connectivity index (χ0v) is 14.6. The highest BCUT2D eigenvalue weighted by atomic mass is 16.3. The Hall–Kier alpha value is -3.14. The lowest BCUT2D eigenvalue weighted by Gasteiger charge is -2.11. The van der Waals surface area contributed by atoms with Crippen LogP contribution in [-0.4, -0.2) is 40.4 Å². The van der Waals surface area contributed by atoms with Crippen LogP contribution >= 0.6 is 0 Å². The molecule has 3 heterocycles. The molecule has 0 fully saturated rings. The number of amides is 1. The second kappa shape index (κ2) is 7.00. The molecule has 3 aromatic heterocycles. The van der Waals surface area contributed by atoms with Crippen LogP contribution in [-0.2, 0) is 11.3 Å². The molecule has 0 saturated carbocycles. The summed E-state index contributed by atoms with van der Waals surface area (Å²) >= 11 is 0. The van der Waals surface area contributed by atoms with E-state index >= 15 is 0 Å². The molecule has 1 atom stereocenters. The Morgan fingerprint density at radius 1 is 1.31 bits per heavy atom. The molecular formula is C16H19N7O3. The predicted octanol–water partition coefficient (Wildman–Crippen LogP) is 0.496. The van der Waals surface area contributed by atoms with Crippen LogP contribution in [0, 0.1) is 0 Å². The molecule has 136 valence electrons. The van der Waals surface area contributed by atoms with Crippen LogP contribution in [0.25, 0.3) is 5.52 Å². The van der Waals surface area contributed by atoms with Gasteiger partial charge in [-0.2, -0.15) is 10.2 Å². The maximum absolute atomic E-state index is 12.7. The van der Waals surface area contributed by atoms with Gasteiger partial charge in [0.05, 0.1) is 5.69 Å². The highest BCUT2D eigenvalue weighted by Gasteiger charge is 2.19. The number of nitrogens with one attached hydrogen (secondary N) is 1. The maximum atomic E-state index is 12.7. The number of carbonyl (C=O) groups excluding carboxylic acids is 1. The van der Waals surface area contributed by atoms with Gasteiger partial charge in [-0.1, -0.05) is 13.8 Å². The van der Waals surface area contributed by atoms with Crippen molar-refractivity contribution in [1.29, 1.82) is 0 Å². The van der Waals surface area contributed by atoms with E-state index in [4.69, 9.17) is 0 Å². The molecule has 2 N–H and O–H groups in total. The summed E-state index contributed by atoms with van der Waals surface area (Å²) in [6.07, 6.45) is 1.83. The van der Waals surface area contributed by atoms with Gasteiger partial charge < -0.3 is 10.4 Å². The van der Waals surface area contributed by atoms with Crippen LogP contribution in [0.2, 0.25) is 0 Å². The van der Waals surface area contributed by atoms with Gasteiger partial charge in [-0.3, -0.25) is 9.59 Å². The Balaban J connectivity index is 1.99. The summed E-state index contributed by atoms with van der Waals surface area (Å²) in [5.41, 5.74) is 0.495. The average molecular weight is 357 g/mol. The topological polar surface area (TPSA) is 127 Å². The van der Waals surface area contributed by atoms with Crippen LogP contribution in [0.4, 0.5) is 5.82 Å². The Morgan fingerprint density at radius 2 is 2.08 bits per heavy atom. The van der Waals surface area contributed by atoms with E-state index in [1.165, 1.54) is 30.0 Å². The van der Waals surface area contributed by atoms with Crippen molar-refractivity contribution in [2.45, 2.75) is 39.3 Å². The number of anilines is 1. The van der Waals surface area contributed by atoms with E-state index in [1.54, 1.807) is 6.07 Å². The average Bonchev–Trinajstić information content (AvgIpc) is 3.04. The summed E-state index contributed by atoms with van der Waals surface area (Å²) in [4.78, 5) is 32.5. The highest BCUT2D eigenvalue weighted by molar-refractivity contribution is 5.89. The third kappa shape index (κ3) is 3.45. The first-order valence-corrected chi connectivity index (χ1v) is 8.11. The first-order valence-electron chi connectivity index (χ1n) is 8.11. The third-order valence-electron chi connectivity index (χ3n) is 3.73. The molecule has 0 aliphatic rings. The fourth-order valence-electron chi connectivity index (χ4n) is 2.40. The quantitative estimate of drug-likeness (QED) is 0.680. The van der Waals surface area contributed by atoms with Crippen molar-refractivity contribution < 1.29 is 9.90 Å². The smallest absolute Gasteiger partial charge is 0.293 e. The Bertz CT molecular complexity index is 992. The molecule has 0 aliphatic carbocycles. The zero-order valence-electron chi connectivity index (χ0n) is 14.6. The lowest BCUT2D eigenvalue weighted by Crippen LogP contribution is -2.33. The molecule has 3 aromatic rings. The van der Waals surface area contributed by atoms with Crippen LogP contribution in [0.3, 0.4) is 0 Å². The number of rotatable bonds is 5. The Morgan fingerprint density at radius 3 is 2.69 bits per heavy atom. The van der Waals surface area contributed by atoms with Crippen LogP contribution in [0.5, 0.6) is 0 Å². The van der Waals surface area contributed by atoms with Gasteiger partial charge in [0.2, 0.25) is 5.91 Å². The van der Waals surface area contributed by atoms with E-state index in [0.29, 0.717) is 11.5 Å². The van der Waals surface area contributed by atoms with Crippen molar-refractivity contribution in [2.24, 2.45) is 0 Å². The summed E-state index contributed by atoms with van der Waals surface area (Å²) in [6.45, 7) is 5.10. The largest absolute Gasteiger partial charge is 0.385 e. The van der Waals surface area contributed by atoms with Gasteiger partial charge >= 0.3 is 0 Å². The zero-order chi connectivity index (χ0) is 18.8. The van der Waals surface area contributed by atoms with Crippen molar-refractivity contribution >= 4 is 17.2 Å². The van der Waals surface area contributed by atoms with Gasteiger partial charge in [-0.25, -0.2) is 19.2 Å². The summed E-state index contributed by atoms with van der Waals surface area (Å²) in [5, 5.41) is 21.0. The minimum absolute atomic E-state index is 0.102. The number of carbonyl (C=O) groups is 1. The van der Waals surface area contributed by atoms with E-state index in [9.17, 15) is 14.7 Å². The summed E-state index contributed by atoms with van der Waals surface area (Å²) in [7, 11) is 0. The number of hydrogen-bond acceptors (Lipinski definition) is 7. The van der Waals surface area contributed by atoms with Crippen molar-refractivity contribution in [2.75, 3.05) is 5.32 Å². The molecule has 1 amide bonds. The molecule has 0 aromatic carbocycles. The number of hydrogen-bond donors (Lipinski definition) is 2. The molecule has 10 nitrogen and oxygen atoms in total. The lowest BCUT2D eigenvalue weighted by molar-refractivity contribution is -0.117. The van der Waals surface area contributed by atoms with Gasteiger partial charge in [-0.15, -0.1) is 0 Å². The lowest BCUT2D eigenvalue weighted by atomic mass is 10.1. The number of nitrogens with zero attached hydrogens (tertiary/aromatic N) is 6. The molecular weight excluding hydrogens is 338 g/mol. The number of aromatic nitrogens is 6. The van der Waals surface area contributed by atoms with E-state index in [2.05, 4.69) is 25.5 Å². The summed E-state index contributed by atoms with van der Waals surface area (Å²) in [6, 6.07) is 3.18. The molecule has 0 aliphatic heterocycles. The Kier molecular flexibility index (Phi) is 4.76. The molecule has 3 rings (SSSR count). The van der Waals surface area contributed by atoms with Gasteiger partial charge in [0.25, 0.3) is 5.56 Å². The van der Waals surface area contributed by atoms with Crippen LogP contribution in [0.15, 0.2) is 29.5 Å². The van der Waals surface area contributed by atoms with Crippen molar-refractivity contribution in [3.05, 3.63) is 46.5 Å². The first-order chi connectivity index (χ1) is 12.4. The molecule has 1 unspecified atom stereocenters. The number of aliphatic hydroxyl groups is 1. The van der Waals surface area contributed by atoms with E-state index < -0.39 is 17.6 Å². The van der Waals surface area contributed by atoms with Crippen LogP contribution < -0.4 is 10.9 Å². The normalized spacial score (nSPS) is 12.5. The number of fused-ring (bicyclic) bond motifs is 1. The van der Waals surface area contributed by atoms with E-state index in [0.717, 1.165) is 4.68 Å². The van der Waals surface area contributed by atoms with Crippen molar-refractivity contribution in [3.63, 3.8) is 0 Å². The molecule has 0 spiro atoms. The second-order valence-corrected chi connectivity index (χ2v) is 6.16. The van der Waals surface area contributed by atoms with Gasteiger partial charge in [0.1, 0.15) is 30.3 Å². The molecule has 0 radical (unpaired) electrons. The standard InChI is InChI=1S/C16H19N7O3/c1-9(2)11-6-12-16(26)22(21-15(10(3)24)23(12)20-11)7-14(25)19-13-4-5-17-8-18-13/h4-6,8-10,24H,7H2,1-3H3,(H,17,18,19,25). The highest BCUT2D eigenvalue weighted by Crippen LogP contribution is 2.16. The fourth-order valence-corrected chi connectivity index (χ4v) is 2.40. The molecule has 26 heavy (non-hydrogen) atoms. The first kappa shape index (κ1) is 17.7. The number of aliphatic hydroxyl groups excluding tert-OH is 1. The SMILES string of the molecule is CC(C)c1cc2c(=O)n(CC(=O)Nc3ccncn3)nc(C(C)O)n2n1. The Labute approximate surface area is 148 Å². The summed E-state index contributed by atoms with van der Waals surface area (Å²) in [5.74, 6) is 0.135. The van der Waals surface area contributed by atoms with Gasteiger partial charge in [-0.05, 0) is 25.0 Å². The summed E-state index contributed by atoms with van der Waals surface area (Å²) < 4.78 is 2.35. The second-order valence-electron chi connectivity index (χ2n) is 6.16. The molecule has 10 heteroatoms. The van der Waals surface area contributed by atoms with Crippen molar-refractivity contribution in [1.82, 2.24) is 29.4 Å². The van der Waals surface area contributed by atoms with E-state index in [1.807, 2.05) is 13.8 Å². The monoisotopic (exact) mass is 357 g/mol. The van der Waals surface area contributed by atoms with E-state index in [-0.39, 0.29) is 23.8 Å². The maximum Gasteiger partial charge on any atom is 0.293 e. The minimum Gasteiger partial charge on any atom is -0.385 e. The van der Waals surface area contributed by atoms with Gasteiger partial charge in [0.15, 0.2) is 5.82 Å². The molecule has 0 saturated heterocycles. The minimum atomic E-state index is -0.964. The van der Waals surface area contributed by atoms with Crippen molar-refractivity contribution in [3.8, 4) is 0 Å². The molecule has 0 bridgehead atoms. The fraction of sp³-hybridized carbons (Fsp3) is 0.375. The van der Waals surface area contributed by atoms with Crippen LogP contribution in [0.1, 0.15) is 44.3 Å².